The fraction of sp³-hybridized carbons (Fsp3) is 0.250. The highest BCUT2D eigenvalue weighted by Crippen LogP contribution is 2.30. The second-order valence-electron chi connectivity index (χ2n) is 4.85. The third-order valence-electron chi connectivity index (χ3n) is 3.37. The molecule has 0 radical (unpaired) electrons. The Morgan fingerprint density at radius 2 is 1.60 bits per heavy atom. The van der Waals surface area contributed by atoms with Crippen LogP contribution in [0.5, 0.6) is 0 Å². The smallest absolute Gasteiger partial charge is 0.126 e. The van der Waals surface area contributed by atoms with E-state index in [1.807, 2.05) is 0 Å². The molecule has 0 aliphatic carbocycles. The summed E-state index contributed by atoms with van der Waals surface area (Å²) < 4.78 is 39.7. The lowest BCUT2D eigenvalue weighted by Crippen LogP contribution is -2.28. The average Bonchev–Trinajstić information content (AvgIpc) is 2.37. The fourth-order valence-corrected chi connectivity index (χ4v) is 2.26. The van der Waals surface area contributed by atoms with Crippen molar-refractivity contribution in [1.29, 1.82) is 0 Å². The third-order valence-corrected chi connectivity index (χ3v) is 3.37. The van der Waals surface area contributed by atoms with Crippen molar-refractivity contribution in [2.75, 3.05) is 0 Å². The van der Waals surface area contributed by atoms with E-state index in [4.69, 9.17) is 0 Å². The maximum Gasteiger partial charge on any atom is 0.126 e. The molecule has 0 amide bonds. The van der Waals surface area contributed by atoms with Gasteiger partial charge in [0.15, 0.2) is 0 Å². The van der Waals surface area contributed by atoms with Crippen molar-refractivity contribution in [2.24, 2.45) is 0 Å². The van der Waals surface area contributed by atoms with Gasteiger partial charge in [0.25, 0.3) is 0 Å². The average molecular weight is 280 g/mol. The van der Waals surface area contributed by atoms with Gasteiger partial charge in [0.1, 0.15) is 17.5 Å². The van der Waals surface area contributed by atoms with E-state index in [1.54, 1.807) is 13.0 Å². The molecule has 1 nitrogen and oxygen atoms in total. The molecule has 1 atom stereocenters. The maximum absolute atomic E-state index is 13.3. The van der Waals surface area contributed by atoms with Crippen LogP contribution in [0.4, 0.5) is 13.2 Å². The normalized spacial score (nSPS) is 14.1. The molecule has 20 heavy (non-hydrogen) atoms. The van der Waals surface area contributed by atoms with Crippen LogP contribution in [0, 0.1) is 17.5 Å². The summed E-state index contributed by atoms with van der Waals surface area (Å²) in [6.07, 6.45) is 0.316. The van der Waals surface area contributed by atoms with Crippen LogP contribution in [0.3, 0.4) is 0 Å². The molecule has 0 aliphatic rings. The Morgan fingerprint density at radius 3 is 2.15 bits per heavy atom. The van der Waals surface area contributed by atoms with E-state index in [9.17, 15) is 18.3 Å². The number of aliphatic hydroxyl groups is 1. The largest absolute Gasteiger partial charge is 0.385 e. The maximum atomic E-state index is 13.3. The Labute approximate surface area is 115 Å². The van der Waals surface area contributed by atoms with Crippen LogP contribution in [-0.4, -0.2) is 5.11 Å². The van der Waals surface area contributed by atoms with Gasteiger partial charge in [0, 0.05) is 12.5 Å². The second-order valence-corrected chi connectivity index (χ2v) is 4.85. The molecule has 0 bridgehead atoms. The predicted octanol–water partition coefficient (Wildman–Crippen LogP) is 3.94. The molecule has 1 N–H and O–H groups in total. The molecule has 2 rings (SSSR count). The summed E-state index contributed by atoms with van der Waals surface area (Å²) in [5.74, 6) is -1.85. The topological polar surface area (TPSA) is 20.2 Å². The molecular weight excluding hydrogens is 265 g/mol. The van der Waals surface area contributed by atoms with Crippen molar-refractivity contribution >= 4 is 0 Å². The first-order chi connectivity index (χ1) is 9.43. The van der Waals surface area contributed by atoms with Crippen molar-refractivity contribution < 1.29 is 18.3 Å². The second kappa shape index (κ2) is 5.67. The number of rotatable bonds is 4. The summed E-state index contributed by atoms with van der Waals surface area (Å²) in [7, 11) is 0. The van der Waals surface area contributed by atoms with E-state index in [-0.39, 0.29) is 6.42 Å². The SMILES string of the molecule is CCC(O)(Cc1cc(F)cc(F)c1)c1cccc(F)c1. The van der Waals surface area contributed by atoms with Gasteiger partial charge in [0.05, 0.1) is 5.60 Å². The lowest BCUT2D eigenvalue weighted by Gasteiger charge is -2.27. The quantitative estimate of drug-likeness (QED) is 0.899. The Kier molecular flexibility index (Phi) is 4.14. The highest BCUT2D eigenvalue weighted by Gasteiger charge is 2.28. The Bertz CT molecular complexity index is 592. The van der Waals surface area contributed by atoms with Crippen LogP contribution in [0.15, 0.2) is 42.5 Å². The minimum absolute atomic E-state index is 0.0155. The Morgan fingerprint density at radius 1 is 0.950 bits per heavy atom. The Balaban J connectivity index is 2.36. The zero-order chi connectivity index (χ0) is 14.8. The van der Waals surface area contributed by atoms with Gasteiger partial charge in [-0.3, -0.25) is 0 Å². The van der Waals surface area contributed by atoms with Crippen molar-refractivity contribution in [3.63, 3.8) is 0 Å². The molecule has 0 saturated carbocycles. The molecule has 2 aromatic rings. The van der Waals surface area contributed by atoms with Gasteiger partial charge >= 0.3 is 0 Å². The van der Waals surface area contributed by atoms with E-state index in [0.29, 0.717) is 17.5 Å². The molecule has 0 aromatic heterocycles. The molecule has 106 valence electrons. The Hall–Kier alpha value is -1.81. The molecule has 0 fully saturated rings. The molecule has 0 heterocycles. The summed E-state index contributed by atoms with van der Waals surface area (Å²) in [4.78, 5) is 0. The minimum atomic E-state index is -1.36. The van der Waals surface area contributed by atoms with Gasteiger partial charge in [-0.15, -0.1) is 0 Å². The van der Waals surface area contributed by atoms with E-state index in [0.717, 1.165) is 6.07 Å². The van der Waals surface area contributed by atoms with Crippen LogP contribution in [0.25, 0.3) is 0 Å². The third kappa shape index (κ3) is 3.20. The summed E-state index contributed by atoms with van der Waals surface area (Å²) in [6, 6.07) is 8.73. The van der Waals surface area contributed by atoms with Crippen LogP contribution in [-0.2, 0) is 12.0 Å². The molecule has 4 heteroatoms. The van der Waals surface area contributed by atoms with Gasteiger partial charge in [-0.1, -0.05) is 19.1 Å². The summed E-state index contributed by atoms with van der Waals surface area (Å²) in [6.45, 7) is 1.74. The molecule has 0 aliphatic heterocycles. The highest BCUT2D eigenvalue weighted by molar-refractivity contribution is 5.28. The van der Waals surface area contributed by atoms with Crippen LogP contribution >= 0.6 is 0 Å². The van der Waals surface area contributed by atoms with Crippen LogP contribution in [0.2, 0.25) is 0 Å². The van der Waals surface area contributed by atoms with Crippen LogP contribution < -0.4 is 0 Å². The molecule has 0 spiro atoms. The lowest BCUT2D eigenvalue weighted by molar-refractivity contribution is 0.0323. The van der Waals surface area contributed by atoms with E-state index in [2.05, 4.69) is 0 Å². The summed E-state index contributed by atoms with van der Waals surface area (Å²) in [5, 5.41) is 10.6. The van der Waals surface area contributed by atoms with Crippen molar-refractivity contribution in [3.05, 3.63) is 71.0 Å². The van der Waals surface area contributed by atoms with Crippen molar-refractivity contribution in [3.8, 4) is 0 Å². The monoisotopic (exact) mass is 280 g/mol. The van der Waals surface area contributed by atoms with Crippen molar-refractivity contribution in [1.82, 2.24) is 0 Å². The van der Waals surface area contributed by atoms with Crippen molar-refractivity contribution in [2.45, 2.75) is 25.4 Å². The highest BCUT2D eigenvalue weighted by atomic mass is 19.1. The van der Waals surface area contributed by atoms with E-state index >= 15 is 0 Å². The lowest BCUT2D eigenvalue weighted by atomic mass is 9.85. The van der Waals surface area contributed by atoms with Gasteiger partial charge in [-0.25, -0.2) is 13.2 Å². The number of benzene rings is 2. The fourth-order valence-electron chi connectivity index (χ4n) is 2.26. The van der Waals surface area contributed by atoms with Crippen LogP contribution in [0.1, 0.15) is 24.5 Å². The molecule has 0 saturated heterocycles. The molecule has 2 aromatic carbocycles. The standard InChI is InChI=1S/C16H15F3O/c1-2-16(20,12-4-3-5-13(17)8-12)10-11-6-14(18)9-15(19)7-11/h3-9,20H,2,10H2,1H3. The number of hydrogen-bond acceptors (Lipinski definition) is 1. The molecule has 1 unspecified atom stereocenters. The van der Waals surface area contributed by atoms with Gasteiger partial charge in [-0.2, -0.15) is 0 Å². The number of hydrogen-bond donors (Lipinski definition) is 1. The predicted molar refractivity (Wildman–Crippen MR) is 70.6 cm³/mol. The van der Waals surface area contributed by atoms with Gasteiger partial charge in [-0.05, 0) is 41.8 Å². The first-order valence-corrected chi connectivity index (χ1v) is 6.36. The van der Waals surface area contributed by atoms with Gasteiger partial charge < -0.3 is 5.11 Å². The first kappa shape index (κ1) is 14.6. The first-order valence-electron chi connectivity index (χ1n) is 6.36. The van der Waals surface area contributed by atoms with E-state index < -0.39 is 23.1 Å². The zero-order valence-electron chi connectivity index (χ0n) is 11.0. The molecular formula is C16H15F3O. The van der Waals surface area contributed by atoms with Gasteiger partial charge in [0.2, 0.25) is 0 Å². The zero-order valence-corrected chi connectivity index (χ0v) is 11.0. The minimum Gasteiger partial charge on any atom is -0.385 e. The summed E-state index contributed by atoms with van der Waals surface area (Å²) in [5.41, 5.74) is -0.636. The number of halogens is 3. The van der Waals surface area contributed by atoms with E-state index in [1.165, 1.54) is 30.3 Å². The summed E-state index contributed by atoms with van der Waals surface area (Å²) >= 11 is 0.